The van der Waals surface area contributed by atoms with Gasteiger partial charge < -0.3 is 10.2 Å². The Hall–Kier alpha value is -3.48. The summed E-state index contributed by atoms with van der Waals surface area (Å²) in [5.41, 5.74) is 4.47. The molecule has 2 N–H and O–H groups in total. The Labute approximate surface area is 174 Å². The number of rotatable bonds is 4. The van der Waals surface area contributed by atoms with Gasteiger partial charge in [0.05, 0.1) is 5.92 Å². The van der Waals surface area contributed by atoms with Crippen molar-refractivity contribution in [2.24, 2.45) is 5.92 Å². The fourth-order valence-electron chi connectivity index (χ4n) is 4.03. The summed E-state index contributed by atoms with van der Waals surface area (Å²) in [6.45, 7) is 2.60. The standard InChI is InChI=1S/C23H23N3O4/c1-14(27)24-20-7-6-16-8-9-26(13-19(16)11-20)23(30)17-4-2-15(3-5-17)10-18-12-21(28)25-22(18)29/h2-7,11,18H,8-10,12-13H2,1H3,(H,24,27)(H,25,28,29). The van der Waals surface area contributed by atoms with Crippen molar-refractivity contribution in [2.45, 2.75) is 32.7 Å². The molecule has 1 unspecified atom stereocenters. The molecule has 4 amide bonds. The summed E-state index contributed by atoms with van der Waals surface area (Å²) < 4.78 is 0. The number of nitrogens with one attached hydrogen (secondary N) is 2. The molecule has 2 aromatic rings. The zero-order valence-corrected chi connectivity index (χ0v) is 16.7. The average Bonchev–Trinajstić information content (AvgIpc) is 3.03. The third-order valence-corrected chi connectivity index (χ3v) is 5.57. The molecule has 2 aliphatic rings. The smallest absolute Gasteiger partial charge is 0.254 e. The van der Waals surface area contributed by atoms with Crippen LogP contribution in [0.1, 0.15) is 40.4 Å². The van der Waals surface area contributed by atoms with Crippen molar-refractivity contribution in [3.8, 4) is 0 Å². The number of anilines is 1. The maximum atomic E-state index is 13.0. The molecule has 0 spiro atoms. The normalized spacial score (nSPS) is 18.0. The van der Waals surface area contributed by atoms with Gasteiger partial charge in [-0.05, 0) is 53.8 Å². The summed E-state index contributed by atoms with van der Waals surface area (Å²) in [4.78, 5) is 49.1. The number of nitrogens with zero attached hydrogens (tertiary/aromatic N) is 1. The monoisotopic (exact) mass is 405 g/mol. The van der Waals surface area contributed by atoms with Crippen molar-refractivity contribution < 1.29 is 19.2 Å². The summed E-state index contributed by atoms with van der Waals surface area (Å²) in [5, 5.41) is 5.10. The van der Waals surface area contributed by atoms with Crippen molar-refractivity contribution in [3.63, 3.8) is 0 Å². The van der Waals surface area contributed by atoms with E-state index in [2.05, 4.69) is 10.6 Å². The van der Waals surface area contributed by atoms with Crippen LogP contribution in [0.3, 0.4) is 0 Å². The van der Waals surface area contributed by atoms with Gasteiger partial charge in [-0.3, -0.25) is 24.5 Å². The maximum Gasteiger partial charge on any atom is 0.254 e. The number of amides is 4. The quantitative estimate of drug-likeness (QED) is 0.761. The first-order valence-electron chi connectivity index (χ1n) is 10.0. The molecular formula is C23H23N3O4. The van der Waals surface area contributed by atoms with Crippen LogP contribution in [0.15, 0.2) is 42.5 Å². The number of hydrogen-bond acceptors (Lipinski definition) is 4. The molecule has 2 aromatic carbocycles. The van der Waals surface area contributed by atoms with Crippen molar-refractivity contribution >= 4 is 29.3 Å². The van der Waals surface area contributed by atoms with Gasteiger partial charge in [0.2, 0.25) is 17.7 Å². The largest absolute Gasteiger partial charge is 0.334 e. The topological polar surface area (TPSA) is 95.6 Å². The highest BCUT2D eigenvalue weighted by molar-refractivity contribution is 6.03. The third kappa shape index (κ3) is 4.25. The van der Waals surface area contributed by atoms with E-state index in [1.165, 1.54) is 12.5 Å². The van der Waals surface area contributed by atoms with Gasteiger partial charge in [-0.15, -0.1) is 0 Å². The number of fused-ring (bicyclic) bond motifs is 1. The Morgan fingerprint density at radius 3 is 2.53 bits per heavy atom. The van der Waals surface area contributed by atoms with Crippen molar-refractivity contribution in [1.82, 2.24) is 10.2 Å². The van der Waals surface area contributed by atoms with E-state index in [-0.39, 0.29) is 36.0 Å². The predicted molar refractivity (Wildman–Crippen MR) is 111 cm³/mol. The molecule has 4 rings (SSSR count). The lowest BCUT2D eigenvalue weighted by molar-refractivity contribution is -0.125. The minimum Gasteiger partial charge on any atom is -0.334 e. The van der Waals surface area contributed by atoms with Crippen LogP contribution in [0.5, 0.6) is 0 Å². The lowest BCUT2D eigenvalue weighted by Gasteiger charge is -2.29. The van der Waals surface area contributed by atoms with E-state index in [0.717, 1.165) is 23.2 Å². The summed E-state index contributed by atoms with van der Waals surface area (Å²) in [6, 6.07) is 13.0. The molecule has 1 fully saturated rings. The zero-order chi connectivity index (χ0) is 21.3. The Balaban J connectivity index is 1.43. The Kier molecular flexibility index (Phi) is 5.35. The molecular weight excluding hydrogens is 382 g/mol. The molecule has 154 valence electrons. The molecule has 2 aliphatic heterocycles. The number of hydrogen-bond donors (Lipinski definition) is 2. The second-order valence-corrected chi connectivity index (χ2v) is 7.86. The minimum absolute atomic E-state index is 0.0501. The van der Waals surface area contributed by atoms with Crippen LogP contribution in [0, 0.1) is 5.92 Å². The first-order valence-corrected chi connectivity index (χ1v) is 10.0. The van der Waals surface area contributed by atoms with E-state index in [9.17, 15) is 19.2 Å². The van der Waals surface area contributed by atoms with Gasteiger partial charge >= 0.3 is 0 Å². The fourth-order valence-corrected chi connectivity index (χ4v) is 4.03. The van der Waals surface area contributed by atoms with E-state index in [4.69, 9.17) is 0 Å². The predicted octanol–water partition coefficient (Wildman–Crippen LogP) is 2.05. The van der Waals surface area contributed by atoms with Gasteiger partial charge in [0.15, 0.2) is 0 Å². The molecule has 0 radical (unpaired) electrons. The first kappa shape index (κ1) is 19.8. The number of benzene rings is 2. The molecule has 0 aromatic heterocycles. The van der Waals surface area contributed by atoms with E-state index < -0.39 is 0 Å². The summed E-state index contributed by atoms with van der Waals surface area (Å²) >= 11 is 0. The minimum atomic E-state index is -0.338. The molecule has 0 bridgehead atoms. The highest BCUT2D eigenvalue weighted by atomic mass is 16.2. The Morgan fingerprint density at radius 1 is 1.10 bits per heavy atom. The van der Waals surface area contributed by atoms with Crippen LogP contribution < -0.4 is 10.6 Å². The van der Waals surface area contributed by atoms with Crippen molar-refractivity contribution in [1.29, 1.82) is 0 Å². The van der Waals surface area contributed by atoms with Crippen LogP contribution in [-0.4, -0.2) is 35.1 Å². The van der Waals surface area contributed by atoms with Gasteiger partial charge in [0.25, 0.3) is 5.91 Å². The second-order valence-electron chi connectivity index (χ2n) is 7.86. The fraction of sp³-hybridized carbons (Fsp3) is 0.304. The molecule has 0 aliphatic carbocycles. The van der Waals surface area contributed by atoms with Gasteiger partial charge in [0, 0.05) is 37.7 Å². The van der Waals surface area contributed by atoms with Gasteiger partial charge in [0.1, 0.15) is 0 Å². The van der Waals surface area contributed by atoms with E-state index in [1.54, 1.807) is 17.0 Å². The van der Waals surface area contributed by atoms with Crippen LogP contribution in [-0.2, 0) is 33.8 Å². The lowest BCUT2D eigenvalue weighted by atomic mass is 9.96. The molecule has 0 saturated carbocycles. The molecule has 7 heteroatoms. The summed E-state index contributed by atoms with van der Waals surface area (Å²) in [7, 11) is 0. The van der Waals surface area contributed by atoms with Gasteiger partial charge in [-0.2, -0.15) is 0 Å². The molecule has 1 atom stereocenters. The number of imide groups is 1. The summed E-state index contributed by atoms with van der Waals surface area (Å²) in [5.74, 6) is -0.978. The molecule has 7 nitrogen and oxygen atoms in total. The average molecular weight is 405 g/mol. The lowest BCUT2D eigenvalue weighted by Crippen LogP contribution is -2.36. The van der Waals surface area contributed by atoms with E-state index in [1.807, 2.05) is 30.3 Å². The highest BCUT2D eigenvalue weighted by Gasteiger charge is 2.30. The second kappa shape index (κ2) is 8.10. The first-order chi connectivity index (χ1) is 14.4. The number of carbonyl (C=O) groups is 4. The highest BCUT2D eigenvalue weighted by Crippen LogP contribution is 2.24. The maximum absolute atomic E-state index is 13.0. The summed E-state index contributed by atoms with van der Waals surface area (Å²) in [6.07, 6.45) is 1.46. The van der Waals surface area contributed by atoms with Crippen molar-refractivity contribution in [2.75, 3.05) is 11.9 Å². The van der Waals surface area contributed by atoms with Gasteiger partial charge in [-0.1, -0.05) is 18.2 Å². The molecule has 2 heterocycles. The van der Waals surface area contributed by atoms with Crippen molar-refractivity contribution in [3.05, 3.63) is 64.7 Å². The van der Waals surface area contributed by atoms with E-state index in [0.29, 0.717) is 25.1 Å². The SMILES string of the molecule is CC(=O)Nc1ccc2c(c1)CN(C(=O)c1ccc(CC3CC(=O)NC3=O)cc1)CC2. The Morgan fingerprint density at radius 2 is 1.87 bits per heavy atom. The number of carbonyl (C=O) groups excluding carboxylic acids is 4. The van der Waals surface area contributed by atoms with Crippen LogP contribution in [0.25, 0.3) is 0 Å². The van der Waals surface area contributed by atoms with Crippen LogP contribution >= 0.6 is 0 Å². The molecule has 30 heavy (non-hydrogen) atoms. The Bertz CT molecular complexity index is 1030. The van der Waals surface area contributed by atoms with Crippen LogP contribution in [0.4, 0.5) is 5.69 Å². The third-order valence-electron chi connectivity index (χ3n) is 5.57. The van der Waals surface area contributed by atoms with Gasteiger partial charge in [-0.25, -0.2) is 0 Å². The van der Waals surface area contributed by atoms with E-state index >= 15 is 0 Å². The van der Waals surface area contributed by atoms with Crippen LogP contribution in [0.2, 0.25) is 0 Å². The molecule has 1 saturated heterocycles. The zero-order valence-electron chi connectivity index (χ0n) is 16.7.